The second kappa shape index (κ2) is 17.1. The number of hydrogen-bond acceptors (Lipinski definition) is 2. The van der Waals surface area contributed by atoms with Gasteiger partial charge in [0.05, 0.1) is 20.4 Å². The van der Waals surface area contributed by atoms with Crippen LogP contribution >= 0.6 is 7.26 Å². The number of benzene rings is 4. The molecule has 0 aliphatic heterocycles. The molecule has 0 saturated carbocycles. The fraction of sp³-hybridized carbons (Fsp3) is 0.385. The third-order valence-electron chi connectivity index (χ3n) is 8.62. The number of unbranched alkanes of at least 4 members (excludes halogenated alkanes) is 9. The normalized spacial score (nSPS) is 11.4. The zero-order chi connectivity index (χ0) is 29.5. The molecule has 4 aromatic carbocycles. The summed E-state index contributed by atoms with van der Waals surface area (Å²) >= 11 is 0. The van der Waals surface area contributed by atoms with E-state index in [1.807, 2.05) is 0 Å². The predicted octanol–water partition coefficient (Wildman–Crippen LogP) is 9.45. The Balaban J connectivity index is 1.19. The Kier molecular flexibility index (Phi) is 13.0. The summed E-state index contributed by atoms with van der Waals surface area (Å²) < 4.78 is 10.9. The van der Waals surface area contributed by atoms with Gasteiger partial charge in [-0.3, -0.25) is 0 Å². The van der Waals surface area contributed by atoms with E-state index in [9.17, 15) is 0 Å². The summed E-state index contributed by atoms with van der Waals surface area (Å²) in [4.78, 5) is 0. The summed E-state index contributed by atoms with van der Waals surface area (Å²) in [6.07, 6.45) is 15.6. The van der Waals surface area contributed by atoms with Gasteiger partial charge >= 0.3 is 0 Å². The van der Waals surface area contributed by atoms with E-state index in [0.717, 1.165) is 17.9 Å². The minimum Gasteiger partial charge on any atom is -0.493 e. The summed E-state index contributed by atoms with van der Waals surface area (Å²) in [6, 6.07) is 38.2. The van der Waals surface area contributed by atoms with E-state index < -0.39 is 7.26 Å². The first-order valence-corrected chi connectivity index (χ1v) is 17.9. The number of aryl methyl sites for hydroxylation is 2. The first kappa shape index (κ1) is 31.8. The zero-order valence-corrected chi connectivity index (χ0v) is 27.0. The molecule has 0 N–H and O–H groups in total. The highest BCUT2D eigenvalue weighted by atomic mass is 31.2. The highest BCUT2D eigenvalue weighted by Gasteiger charge is 2.44. The summed E-state index contributed by atoms with van der Waals surface area (Å²) in [5.41, 5.74) is 2.68. The van der Waals surface area contributed by atoms with Gasteiger partial charge in [0.1, 0.15) is 23.2 Å². The molecule has 222 valence electrons. The molecule has 0 bridgehead atoms. The largest absolute Gasteiger partial charge is 0.493 e. The lowest BCUT2D eigenvalue weighted by atomic mass is 10.00. The van der Waals surface area contributed by atoms with Crippen molar-refractivity contribution in [1.29, 1.82) is 0 Å². The van der Waals surface area contributed by atoms with Gasteiger partial charge in [0.25, 0.3) is 0 Å². The molecular weight excluding hydrogens is 531 g/mol. The summed E-state index contributed by atoms with van der Waals surface area (Å²) in [5.74, 6) is 1.66. The number of ether oxygens (including phenoxy) is 2. The van der Waals surface area contributed by atoms with E-state index in [1.165, 1.54) is 97.4 Å². The maximum absolute atomic E-state index is 5.49. The Morgan fingerprint density at radius 3 is 1.29 bits per heavy atom. The SMILES string of the molecule is COc1cc(C)c(CCCCCCCCCCCC[P+](c2ccccc2)(c2ccccc2)c2ccccc2)cc1OC. The predicted molar refractivity (Wildman–Crippen MR) is 184 cm³/mol. The molecule has 42 heavy (non-hydrogen) atoms. The fourth-order valence-corrected chi connectivity index (χ4v) is 10.7. The van der Waals surface area contributed by atoms with Crippen molar-refractivity contribution in [3.05, 3.63) is 114 Å². The van der Waals surface area contributed by atoms with E-state index in [2.05, 4.69) is 110 Å². The van der Waals surface area contributed by atoms with Crippen LogP contribution in [0.1, 0.15) is 75.3 Å². The second-order valence-corrected chi connectivity index (χ2v) is 15.1. The first-order chi connectivity index (χ1) is 20.7. The van der Waals surface area contributed by atoms with E-state index in [-0.39, 0.29) is 0 Å². The van der Waals surface area contributed by atoms with Crippen LogP contribution in [-0.2, 0) is 6.42 Å². The van der Waals surface area contributed by atoms with Crippen LogP contribution in [-0.4, -0.2) is 20.4 Å². The lowest BCUT2D eigenvalue weighted by Crippen LogP contribution is -2.33. The average Bonchev–Trinajstić information content (AvgIpc) is 3.05. The molecule has 0 aromatic heterocycles. The maximum Gasteiger partial charge on any atom is 0.161 e. The minimum absolute atomic E-state index is 0.823. The summed E-state index contributed by atoms with van der Waals surface area (Å²) in [7, 11) is 1.74. The van der Waals surface area contributed by atoms with Gasteiger partial charge in [0.2, 0.25) is 0 Å². The topological polar surface area (TPSA) is 18.5 Å². The molecule has 0 atom stereocenters. The molecule has 4 rings (SSSR count). The quantitative estimate of drug-likeness (QED) is 0.0861. The van der Waals surface area contributed by atoms with Crippen LogP contribution in [0.15, 0.2) is 103 Å². The van der Waals surface area contributed by atoms with Gasteiger partial charge in [-0.05, 0) is 92.3 Å². The molecular formula is C39H50O2P+. The Morgan fingerprint density at radius 1 is 0.476 bits per heavy atom. The smallest absolute Gasteiger partial charge is 0.161 e. The average molecular weight is 582 g/mol. The van der Waals surface area contributed by atoms with E-state index >= 15 is 0 Å². The standard InChI is InChI=1S/C39H50O2P/c1-33-31-38(40-2)39(41-3)32-34(33)23-15-10-8-6-4-5-7-9-11-22-30-42(35-24-16-12-17-25-35,36-26-18-13-19-27-36)37-28-20-14-21-29-37/h12-14,16-21,24-29,31-32H,4-11,15,22-23,30H2,1-3H3/q+1. The van der Waals surface area contributed by atoms with Crippen LogP contribution in [0.25, 0.3) is 0 Å². The van der Waals surface area contributed by atoms with Gasteiger partial charge in [-0.25, -0.2) is 0 Å². The molecule has 4 aromatic rings. The summed E-state index contributed by atoms with van der Waals surface area (Å²) in [6.45, 7) is 2.17. The van der Waals surface area contributed by atoms with Gasteiger partial charge < -0.3 is 9.47 Å². The zero-order valence-electron chi connectivity index (χ0n) is 26.1. The first-order valence-electron chi connectivity index (χ1n) is 16.0. The molecule has 0 fully saturated rings. The van der Waals surface area contributed by atoms with Gasteiger partial charge in [-0.15, -0.1) is 0 Å². The Bertz CT molecular complexity index is 1210. The molecule has 3 heteroatoms. The minimum atomic E-state index is -1.68. The van der Waals surface area contributed by atoms with Crippen molar-refractivity contribution in [3.63, 3.8) is 0 Å². The van der Waals surface area contributed by atoms with Crippen molar-refractivity contribution < 1.29 is 9.47 Å². The van der Waals surface area contributed by atoms with Crippen LogP contribution in [0.4, 0.5) is 0 Å². The molecule has 0 heterocycles. The van der Waals surface area contributed by atoms with E-state index in [0.29, 0.717) is 0 Å². The molecule has 0 radical (unpaired) electrons. The Morgan fingerprint density at radius 2 is 0.857 bits per heavy atom. The third-order valence-corrected chi connectivity index (χ3v) is 13.1. The fourth-order valence-electron chi connectivity index (χ4n) is 6.25. The third kappa shape index (κ3) is 8.48. The molecule has 0 saturated heterocycles. The van der Waals surface area contributed by atoms with Crippen molar-refractivity contribution in [2.75, 3.05) is 20.4 Å². The molecule has 0 amide bonds. The van der Waals surface area contributed by atoms with Crippen molar-refractivity contribution in [2.24, 2.45) is 0 Å². The highest BCUT2D eigenvalue weighted by molar-refractivity contribution is 7.95. The van der Waals surface area contributed by atoms with E-state index in [4.69, 9.17) is 9.47 Å². The van der Waals surface area contributed by atoms with Gasteiger partial charge in [-0.2, -0.15) is 0 Å². The van der Waals surface area contributed by atoms with Crippen molar-refractivity contribution in [1.82, 2.24) is 0 Å². The van der Waals surface area contributed by atoms with Crippen LogP contribution in [0.3, 0.4) is 0 Å². The van der Waals surface area contributed by atoms with Crippen molar-refractivity contribution >= 4 is 23.2 Å². The molecule has 0 unspecified atom stereocenters. The van der Waals surface area contributed by atoms with Gasteiger partial charge in [-0.1, -0.05) is 99.5 Å². The molecule has 0 aliphatic rings. The number of rotatable bonds is 18. The van der Waals surface area contributed by atoms with Crippen LogP contribution in [0.5, 0.6) is 11.5 Å². The van der Waals surface area contributed by atoms with Gasteiger partial charge in [0.15, 0.2) is 11.5 Å². The number of methoxy groups -OCH3 is 2. The summed E-state index contributed by atoms with van der Waals surface area (Å²) in [5, 5.41) is 4.51. The molecule has 2 nitrogen and oxygen atoms in total. The molecule has 0 aliphatic carbocycles. The maximum atomic E-state index is 5.49. The Hall–Kier alpha value is -3.09. The highest BCUT2D eigenvalue weighted by Crippen LogP contribution is 2.56. The lowest BCUT2D eigenvalue weighted by molar-refractivity contribution is 0.354. The van der Waals surface area contributed by atoms with Crippen LogP contribution < -0.4 is 25.4 Å². The van der Waals surface area contributed by atoms with Crippen molar-refractivity contribution in [2.45, 2.75) is 77.6 Å². The molecule has 0 spiro atoms. The van der Waals surface area contributed by atoms with Crippen LogP contribution in [0, 0.1) is 6.92 Å². The van der Waals surface area contributed by atoms with Crippen LogP contribution in [0.2, 0.25) is 0 Å². The lowest BCUT2D eigenvalue weighted by Gasteiger charge is -2.27. The second-order valence-electron chi connectivity index (χ2n) is 11.5. The van der Waals surface area contributed by atoms with Crippen molar-refractivity contribution in [3.8, 4) is 11.5 Å². The number of hydrogen-bond donors (Lipinski definition) is 0. The Labute approximate surface area is 255 Å². The monoisotopic (exact) mass is 581 g/mol. The van der Waals surface area contributed by atoms with Gasteiger partial charge in [0, 0.05) is 0 Å². The van der Waals surface area contributed by atoms with E-state index in [1.54, 1.807) is 14.2 Å².